The van der Waals surface area contributed by atoms with Gasteiger partial charge in [-0.25, -0.2) is 4.98 Å². The predicted octanol–water partition coefficient (Wildman–Crippen LogP) is 6.46. The fraction of sp³-hybridized carbons (Fsp3) is 0.524. The van der Waals surface area contributed by atoms with E-state index in [2.05, 4.69) is 42.0 Å². The maximum atomic E-state index is 11.0. The monoisotopic (exact) mass is 484 g/mol. The van der Waals surface area contributed by atoms with Gasteiger partial charge in [0, 0.05) is 17.3 Å². The van der Waals surface area contributed by atoms with Gasteiger partial charge in [0.25, 0.3) is 0 Å². The Kier molecular flexibility index (Phi) is 7.05. The topological polar surface area (TPSA) is 62.2 Å². The zero-order valence-corrected chi connectivity index (χ0v) is 19.5. The molecule has 0 bridgehead atoms. The van der Waals surface area contributed by atoms with Gasteiger partial charge in [-0.3, -0.25) is 4.79 Å². The van der Waals surface area contributed by atoms with Crippen molar-refractivity contribution in [3.63, 3.8) is 0 Å². The molecule has 3 atom stereocenters. The molecule has 1 aliphatic carbocycles. The highest BCUT2D eigenvalue weighted by atomic mass is 79.9. The fourth-order valence-electron chi connectivity index (χ4n) is 4.05. The van der Waals surface area contributed by atoms with Crippen LogP contribution < -0.4 is 5.32 Å². The number of nitrogens with one attached hydrogen (secondary N) is 1. The van der Waals surface area contributed by atoms with E-state index in [4.69, 9.17) is 21.7 Å². The zero-order chi connectivity index (χ0) is 20.4. The van der Waals surface area contributed by atoms with Crippen LogP contribution in [0.5, 0.6) is 0 Å². The Labute approximate surface area is 183 Å². The number of aromatic nitrogens is 1. The van der Waals surface area contributed by atoms with Gasteiger partial charge < -0.3 is 10.4 Å². The van der Waals surface area contributed by atoms with Crippen molar-refractivity contribution in [2.24, 2.45) is 5.92 Å². The smallest absolute Gasteiger partial charge is 0.303 e. The van der Waals surface area contributed by atoms with Gasteiger partial charge in [-0.05, 0) is 74.3 Å². The Morgan fingerprint density at radius 3 is 2.68 bits per heavy atom. The maximum absolute atomic E-state index is 11.0. The van der Waals surface area contributed by atoms with Crippen molar-refractivity contribution in [2.75, 3.05) is 5.32 Å². The van der Waals surface area contributed by atoms with E-state index in [0.29, 0.717) is 0 Å². The number of hydrogen-bond acceptors (Lipinski definition) is 4. The third-order valence-corrected chi connectivity index (χ3v) is 7.96. The molecule has 7 heteroatoms. The molecule has 1 saturated carbocycles. The molecule has 1 aliphatic rings. The van der Waals surface area contributed by atoms with E-state index in [9.17, 15) is 4.79 Å². The van der Waals surface area contributed by atoms with Crippen LogP contribution in [0.1, 0.15) is 49.3 Å². The van der Waals surface area contributed by atoms with Crippen molar-refractivity contribution < 1.29 is 9.90 Å². The molecule has 2 N–H and O–H groups in total. The molecule has 2 aromatic heterocycles. The molecule has 3 rings (SSSR count). The largest absolute Gasteiger partial charge is 0.481 e. The maximum Gasteiger partial charge on any atom is 0.303 e. The van der Waals surface area contributed by atoms with Crippen LogP contribution >= 0.6 is 38.9 Å². The van der Waals surface area contributed by atoms with E-state index in [1.807, 2.05) is 12.1 Å². The molecule has 2 aromatic rings. The number of carboxylic acids is 1. The second kappa shape index (κ2) is 9.14. The summed E-state index contributed by atoms with van der Waals surface area (Å²) in [6.45, 7) is 6.44. The Bertz CT molecular complexity index is 870. The molecule has 28 heavy (non-hydrogen) atoms. The number of alkyl halides is 1. The Morgan fingerprint density at radius 2 is 2.11 bits per heavy atom. The highest BCUT2D eigenvalue weighted by Gasteiger charge is 2.31. The standard InChI is InChI=1S/C21H26BrClN2O2S/c1-4-14-11(2)12(3)20(17-7-8-18(23)28-17)25-21(14)24-16-6-5-13(9-15(16)22)10-19(26)27/h7-8,13,15-16H,4-6,9-10H2,1-3H3,(H,24,25)(H,26,27)/t13?,15?,16-/m1/s1. The fourth-order valence-corrected chi connectivity index (χ4v) is 6.06. The quantitative estimate of drug-likeness (QED) is 0.461. The average Bonchev–Trinajstić information content (AvgIpc) is 3.06. The first-order valence-corrected chi connectivity index (χ1v) is 11.8. The highest BCUT2D eigenvalue weighted by Crippen LogP contribution is 2.38. The van der Waals surface area contributed by atoms with Crippen molar-refractivity contribution in [2.45, 2.75) is 63.7 Å². The summed E-state index contributed by atoms with van der Waals surface area (Å²) in [4.78, 5) is 17.3. The average molecular weight is 486 g/mol. The highest BCUT2D eigenvalue weighted by molar-refractivity contribution is 9.09. The van der Waals surface area contributed by atoms with E-state index >= 15 is 0 Å². The lowest BCUT2D eigenvalue weighted by molar-refractivity contribution is -0.138. The van der Waals surface area contributed by atoms with E-state index < -0.39 is 5.97 Å². The van der Waals surface area contributed by atoms with Gasteiger partial charge in [-0.15, -0.1) is 11.3 Å². The molecule has 2 unspecified atom stereocenters. The van der Waals surface area contributed by atoms with Crippen LogP contribution in [0.25, 0.3) is 10.6 Å². The predicted molar refractivity (Wildman–Crippen MR) is 121 cm³/mol. The van der Waals surface area contributed by atoms with Crippen molar-refractivity contribution in [3.8, 4) is 10.6 Å². The SMILES string of the molecule is CCc1c(N[C@@H]2CCC(CC(=O)O)CC2Br)nc(-c2ccc(Cl)s2)c(C)c1C. The van der Waals surface area contributed by atoms with E-state index in [1.165, 1.54) is 16.7 Å². The lowest BCUT2D eigenvalue weighted by Crippen LogP contribution is -2.37. The van der Waals surface area contributed by atoms with Crippen LogP contribution in [0.2, 0.25) is 4.34 Å². The molecule has 4 nitrogen and oxygen atoms in total. The number of pyridine rings is 1. The zero-order valence-electron chi connectivity index (χ0n) is 16.4. The van der Waals surface area contributed by atoms with Gasteiger partial charge in [0.15, 0.2) is 0 Å². The number of carbonyl (C=O) groups is 1. The van der Waals surface area contributed by atoms with Gasteiger partial charge in [-0.1, -0.05) is 34.5 Å². The molecule has 1 fully saturated rings. The summed E-state index contributed by atoms with van der Waals surface area (Å²) >= 11 is 11.5. The summed E-state index contributed by atoms with van der Waals surface area (Å²) < 4.78 is 0.764. The third-order valence-electron chi connectivity index (χ3n) is 5.71. The van der Waals surface area contributed by atoms with Crippen LogP contribution in [0.3, 0.4) is 0 Å². The number of hydrogen-bond donors (Lipinski definition) is 2. The lowest BCUT2D eigenvalue weighted by atomic mass is 9.84. The Balaban J connectivity index is 1.87. The number of halogens is 2. The second-order valence-electron chi connectivity index (χ2n) is 7.54. The molecule has 0 saturated heterocycles. The molecule has 2 heterocycles. The van der Waals surface area contributed by atoms with E-state index in [-0.39, 0.29) is 23.2 Å². The van der Waals surface area contributed by atoms with E-state index in [0.717, 1.165) is 46.4 Å². The summed E-state index contributed by atoms with van der Waals surface area (Å²) in [5, 5.41) is 12.7. The number of carboxylic acid groups (broad SMARTS) is 1. The Morgan fingerprint density at radius 1 is 1.36 bits per heavy atom. The molecule has 0 amide bonds. The van der Waals surface area contributed by atoms with Gasteiger partial charge in [0.1, 0.15) is 5.82 Å². The van der Waals surface area contributed by atoms with Gasteiger partial charge in [0.2, 0.25) is 0 Å². The minimum Gasteiger partial charge on any atom is -0.481 e. The first kappa shape index (κ1) is 21.6. The number of aliphatic carboxylic acids is 1. The first-order chi connectivity index (χ1) is 13.3. The lowest BCUT2D eigenvalue weighted by Gasteiger charge is -2.34. The summed E-state index contributed by atoms with van der Waals surface area (Å²) in [6.07, 6.45) is 3.89. The van der Waals surface area contributed by atoms with Crippen molar-refractivity contribution in [1.82, 2.24) is 4.98 Å². The first-order valence-electron chi connectivity index (χ1n) is 9.68. The summed E-state index contributed by atoms with van der Waals surface area (Å²) in [6, 6.07) is 4.18. The number of rotatable bonds is 6. The number of nitrogens with zero attached hydrogens (tertiary/aromatic N) is 1. The minimum absolute atomic E-state index is 0.235. The molecule has 0 radical (unpaired) electrons. The molecular formula is C21H26BrClN2O2S. The Hall–Kier alpha value is -1.11. The van der Waals surface area contributed by atoms with Gasteiger partial charge in [0.05, 0.1) is 14.9 Å². The van der Waals surface area contributed by atoms with Gasteiger partial charge >= 0.3 is 5.97 Å². The van der Waals surface area contributed by atoms with Crippen molar-refractivity contribution >= 4 is 50.7 Å². The number of thiophene rings is 1. The van der Waals surface area contributed by atoms with Crippen LogP contribution in [0.15, 0.2) is 12.1 Å². The summed E-state index contributed by atoms with van der Waals surface area (Å²) in [7, 11) is 0. The van der Waals surface area contributed by atoms with E-state index in [1.54, 1.807) is 11.3 Å². The number of anilines is 1. The van der Waals surface area contributed by atoms with Crippen LogP contribution in [-0.2, 0) is 11.2 Å². The van der Waals surface area contributed by atoms with Crippen LogP contribution in [0, 0.1) is 19.8 Å². The molecular weight excluding hydrogens is 460 g/mol. The molecule has 0 aromatic carbocycles. The van der Waals surface area contributed by atoms with Crippen LogP contribution in [0.4, 0.5) is 5.82 Å². The molecule has 0 spiro atoms. The van der Waals surface area contributed by atoms with Crippen molar-refractivity contribution in [3.05, 3.63) is 33.2 Å². The summed E-state index contributed by atoms with van der Waals surface area (Å²) in [5.41, 5.74) is 4.70. The molecule has 152 valence electrons. The normalized spacial score (nSPS) is 22.2. The van der Waals surface area contributed by atoms with Crippen molar-refractivity contribution in [1.29, 1.82) is 0 Å². The minimum atomic E-state index is -0.709. The van der Waals surface area contributed by atoms with Crippen LogP contribution in [-0.4, -0.2) is 26.9 Å². The molecule has 0 aliphatic heterocycles. The van der Waals surface area contributed by atoms with Gasteiger partial charge in [-0.2, -0.15) is 0 Å². The summed E-state index contributed by atoms with van der Waals surface area (Å²) in [5.74, 6) is 0.470. The second-order valence-corrected chi connectivity index (χ2v) is 10.4. The third kappa shape index (κ3) is 4.71.